The topological polar surface area (TPSA) is 30.7 Å². The van der Waals surface area contributed by atoms with Crippen molar-refractivity contribution in [1.82, 2.24) is 15.0 Å². The maximum absolute atomic E-state index is 4.14. The van der Waals surface area contributed by atoms with E-state index in [1.807, 2.05) is 6.20 Å². The Balaban J connectivity index is 2.45. The Bertz CT molecular complexity index is 514. The van der Waals surface area contributed by atoms with Crippen LogP contribution in [0.5, 0.6) is 0 Å². The summed E-state index contributed by atoms with van der Waals surface area (Å²) in [6, 6.07) is 4.12. The maximum Gasteiger partial charge on any atom is 0.0947 e. The molecule has 2 rings (SSSR count). The van der Waals surface area contributed by atoms with E-state index in [0.29, 0.717) is 0 Å². The van der Waals surface area contributed by atoms with E-state index in [4.69, 9.17) is 0 Å². The second-order valence-electron chi connectivity index (χ2n) is 3.67. The molecule has 0 aliphatic heterocycles. The minimum absolute atomic E-state index is 0.876. The third-order valence-corrected chi connectivity index (χ3v) is 3.89. The van der Waals surface area contributed by atoms with E-state index in [1.54, 1.807) is 4.68 Å². The summed E-state index contributed by atoms with van der Waals surface area (Å²) in [5, 5.41) is 9.16. The zero-order chi connectivity index (χ0) is 12.4. The van der Waals surface area contributed by atoms with Crippen LogP contribution in [-0.2, 0) is 6.42 Å². The van der Waals surface area contributed by atoms with Crippen LogP contribution in [0, 0.1) is 6.92 Å². The Morgan fingerprint density at radius 2 is 1.88 bits per heavy atom. The molecule has 1 aromatic heterocycles. The summed E-state index contributed by atoms with van der Waals surface area (Å²) in [7, 11) is 0. The summed E-state index contributed by atoms with van der Waals surface area (Å²) < 4.78 is 3.78. The van der Waals surface area contributed by atoms with Crippen LogP contribution >= 0.6 is 47.8 Å². The van der Waals surface area contributed by atoms with E-state index in [0.717, 1.165) is 32.1 Å². The highest BCUT2D eigenvalue weighted by Gasteiger charge is 2.10. The molecule has 0 aliphatic rings. The summed E-state index contributed by atoms with van der Waals surface area (Å²) in [6.45, 7) is 2.05. The highest BCUT2D eigenvalue weighted by molar-refractivity contribution is 9.11. The van der Waals surface area contributed by atoms with Gasteiger partial charge in [0.2, 0.25) is 0 Å². The highest BCUT2D eigenvalue weighted by Crippen LogP contribution is 2.30. The summed E-state index contributed by atoms with van der Waals surface area (Å²) in [4.78, 5) is 0. The first kappa shape index (κ1) is 13.2. The quantitative estimate of drug-likeness (QED) is 0.697. The van der Waals surface area contributed by atoms with Gasteiger partial charge in [0.1, 0.15) is 0 Å². The molecule has 0 spiro atoms. The molecule has 0 saturated carbocycles. The van der Waals surface area contributed by atoms with Gasteiger partial charge in [-0.1, -0.05) is 21.1 Å². The van der Waals surface area contributed by atoms with E-state index in [1.165, 1.54) is 5.56 Å². The Morgan fingerprint density at radius 3 is 2.47 bits per heavy atom. The van der Waals surface area contributed by atoms with E-state index in [9.17, 15) is 0 Å². The summed E-state index contributed by atoms with van der Waals surface area (Å²) in [5.74, 6) is 0. The van der Waals surface area contributed by atoms with Crippen LogP contribution in [0.2, 0.25) is 0 Å². The Labute approximate surface area is 125 Å². The van der Waals surface area contributed by atoms with Gasteiger partial charge in [0.25, 0.3) is 0 Å². The molecule has 6 heteroatoms. The minimum Gasteiger partial charge on any atom is -0.218 e. The van der Waals surface area contributed by atoms with Gasteiger partial charge < -0.3 is 0 Å². The van der Waals surface area contributed by atoms with Gasteiger partial charge in [0, 0.05) is 20.7 Å². The largest absolute Gasteiger partial charge is 0.218 e. The van der Waals surface area contributed by atoms with Crippen molar-refractivity contribution in [3.05, 3.63) is 38.5 Å². The fourth-order valence-corrected chi connectivity index (χ4v) is 3.72. The Kier molecular flexibility index (Phi) is 4.38. The van der Waals surface area contributed by atoms with Gasteiger partial charge in [0.15, 0.2) is 0 Å². The molecule has 90 valence electrons. The van der Waals surface area contributed by atoms with Gasteiger partial charge in [-0.15, -0.1) is 5.10 Å². The van der Waals surface area contributed by atoms with Gasteiger partial charge in [-0.05, 0) is 56.5 Å². The van der Waals surface area contributed by atoms with Crippen LogP contribution in [0.25, 0.3) is 5.69 Å². The SMILES string of the molecule is Cc1cc(Br)c(-n2cc(CCBr)nn2)c(Br)c1. The monoisotopic (exact) mass is 421 g/mol. The van der Waals surface area contributed by atoms with Crippen molar-refractivity contribution >= 4 is 47.8 Å². The van der Waals surface area contributed by atoms with Crippen molar-refractivity contribution < 1.29 is 0 Å². The molecular weight excluding hydrogens is 414 g/mol. The average molecular weight is 424 g/mol. The van der Waals surface area contributed by atoms with E-state index >= 15 is 0 Å². The smallest absolute Gasteiger partial charge is 0.0947 e. The lowest BCUT2D eigenvalue weighted by Gasteiger charge is -2.07. The highest BCUT2D eigenvalue weighted by atomic mass is 79.9. The second kappa shape index (κ2) is 5.63. The summed E-state index contributed by atoms with van der Waals surface area (Å²) in [5.41, 5.74) is 3.14. The lowest BCUT2D eigenvalue weighted by atomic mass is 10.2. The zero-order valence-corrected chi connectivity index (χ0v) is 13.9. The molecule has 0 atom stereocenters. The maximum atomic E-state index is 4.14. The predicted molar refractivity (Wildman–Crippen MR) is 79.0 cm³/mol. The molecular formula is C11H10Br3N3. The van der Waals surface area contributed by atoms with Crippen LogP contribution in [-0.4, -0.2) is 20.3 Å². The standard InChI is InChI=1S/C11H10Br3N3/c1-7-4-9(13)11(10(14)5-7)17-6-8(2-3-12)15-16-17/h4-6H,2-3H2,1H3. The third kappa shape index (κ3) is 2.98. The van der Waals surface area contributed by atoms with Gasteiger partial charge in [-0.25, -0.2) is 4.68 Å². The molecule has 0 saturated heterocycles. The van der Waals surface area contributed by atoms with Gasteiger partial charge in [0.05, 0.1) is 17.6 Å². The minimum atomic E-state index is 0.876. The number of hydrogen-bond donors (Lipinski definition) is 0. The molecule has 0 amide bonds. The number of hydrogen-bond acceptors (Lipinski definition) is 2. The number of aromatic nitrogens is 3. The normalized spacial score (nSPS) is 10.8. The van der Waals surface area contributed by atoms with Crippen LogP contribution in [0.3, 0.4) is 0 Å². The summed E-state index contributed by atoms with van der Waals surface area (Å²) >= 11 is 10.5. The summed E-state index contributed by atoms with van der Waals surface area (Å²) in [6.07, 6.45) is 2.82. The van der Waals surface area contributed by atoms with Crippen molar-refractivity contribution in [2.24, 2.45) is 0 Å². The molecule has 1 heterocycles. The van der Waals surface area contributed by atoms with Crippen LogP contribution < -0.4 is 0 Å². The van der Waals surface area contributed by atoms with Crippen molar-refractivity contribution in [3.63, 3.8) is 0 Å². The van der Waals surface area contributed by atoms with Crippen molar-refractivity contribution in [2.75, 3.05) is 5.33 Å². The first-order chi connectivity index (χ1) is 8.11. The number of halogens is 3. The predicted octanol–water partition coefficient (Wildman–Crippen LogP) is 4.04. The van der Waals surface area contributed by atoms with Crippen molar-refractivity contribution in [1.29, 1.82) is 0 Å². The first-order valence-electron chi connectivity index (χ1n) is 5.05. The number of rotatable bonds is 3. The molecule has 1 aromatic carbocycles. The Hall–Kier alpha value is -0.200. The molecule has 0 unspecified atom stereocenters. The van der Waals surface area contributed by atoms with E-state index in [-0.39, 0.29) is 0 Å². The molecule has 0 radical (unpaired) electrons. The Morgan fingerprint density at radius 1 is 1.24 bits per heavy atom. The van der Waals surface area contributed by atoms with Crippen LogP contribution in [0.15, 0.2) is 27.3 Å². The zero-order valence-electron chi connectivity index (χ0n) is 9.12. The average Bonchev–Trinajstić information content (AvgIpc) is 2.65. The molecule has 0 N–H and O–H groups in total. The van der Waals surface area contributed by atoms with E-state index < -0.39 is 0 Å². The van der Waals surface area contributed by atoms with Gasteiger partial charge in [-0.2, -0.15) is 0 Å². The molecule has 2 aromatic rings. The fourth-order valence-electron chi connectivity index (χ4n) is 1.53. The number of aryl methyl sites for hydroxylation is 2. The first-order valence-corrected chi connectivity index (χ1v) is 7.76. The number of nitrogens with zero attached hydrogens (tertiary/aromatic N) is 3. The van der Waals surface area contributed by atoms with Gasteiger partial charge in [-0.3, -0.25) is 0 Å². The molecule has 0 aliphatic carbocycles. The molecule has 0 fully saturated rings. The van der Waals surface area contributed by atoms with Crippen molar-refractivity contribution in [2.45, 2.75) is 13.3 Å². The second-order valence-corrected chi connectivity index (χ2v) is 6.17. The third-order valence-electron chi connectivity index (χ3n) is 2.28. The molecule has 3 nitrogen and oxygen atoms in total. The number of alkyl halides is 1. The van der Waals surface area contributed by atoms with Crippen LogP contribution in [0.4, 0.5) is 0 Å². The van der Waals surface area contributed by atoms with Crippen molar-refractivity contribution in [3.8, 4) is 5.69 Å². The lowest BCUT2D eigenvalue weighted by Crippen LogP contribution is -1.98. The van der Waals surface area contributed by atoms with Crippen LogP contribution in [0.1, 0.15) is 11.3 Å². The fraction of sp³-hybridized carbons (Fsp3) is 0.273. The molecule has 17 heavy (non-hydrogen) atoms. The molecule has 0 bridgehead atoms. The van der Waals surface area contributed by atoms with Gasteiger partial charge >= 0.3 is 0 Å². The number of benzene rings is 1. The van der Waals surface area contributed by atoms with E-state index in [2.05, 4.69) is 77.2 Å². The lowest BCUT2D eigenvalue weighted by molar-refractivity contribution is 0.792.